The van der Waals surface area contributed by atoms with Gasteiger partial charge in [-0.1, -0.05) is 11.6 Å². The Morgan fingerprint density at radius 1 is 1.50 bits per heavy atom. The summed E-state index contributed by atoms with van der Waals surface area (Å²) in [5, 5.41) is 16.7. The van der Waals surface area contributed by atoms with Gasteiger partial charge in [-0.3, -0.25) is 9.48 Å². The number of hydrogen-bond acceptors (Lipinski definition) is 4. The molecule has 0 aliphatic carbocycles. The average molecular weight is 321 g/mol. The number of anilines is 1. The number of phenols is 1. The van der Waals surface area contributed by atoms with Gasteiger partial charge in [0.25, 0.3) is 5.91 Å². The van der Waals surface area contributed by atoms with Crippen molar-refractivity contribution < 1.29 is 9.90 Å². The predicted octanol–water partition coefficient (Wildman–Crippen LogP) is 1.79. The van der Waals surface area contributed by atoms with Gasteiger partial charge in [-0.2, -0.15) is 5.10 Å². The number of phenolic OH excluding ortho intramolecular Hbond substituents is 1. The highest BCUT2D eigenvalue weighted by Gasteiger charge is 2.25. The summed E-state index contributed by atoms with van der Waals surface area (Å²) < 4.78 is 1.76. The Morgan fingerprint density at radius 3 is 3.00 bits per heavy atom. The molecule has 0 radical (unpaired) electrons. The van der Waals surface area contributed by atoms with E-state index in [4.69, 9.17) is 11.6 Å². The molecular formula is C15H17ClN4O2. The molecule has 1 atom stereocenters. The van der Waals surface area contributed by atoms with Crippen molar-refractivity contribution in [2.24, 2.45) is 7.05 Å². The molecule has 1 aliphatic rings. The lowest BCUT2D eigenvalue weighted by Gasteiger charge is -2.17. The van der Waals surface area contributed by atoms with Crippen molar-refractivity contribution in [3.63, 3.8) is 0 Å². The molecule has 1 aromatic carbocycles. The van der Waals surface area contributed by atoms with E-state index in [2.05, 4.69) is 15.3 Å². The van der Waals surface area contributed by atoms with Gasteiger partial charge < -0.3 is 15.3 Å². The van der Waals surface area contributed by atoms with Crippen LogP contribution in [0.15, 0.2) is 30.6 Å². The minimum atomic E-state index is -0.181. The molecule has 3 rings (SSSR count). The first kappa shape index (κ1) is 14.7. The maximum atomic E-state index is 12.2. The van der Waals surface area contributed by atoms with Crippen LogP contribution in [0.3, 0.4) is 0 Å². The first-order valence-electron chi connectivity index (χ1n) is 7.06. The van der Waals surface area contributed by atoms with E-state index in [1.54, 1.807) is 10.7 Å². The van der Waals surface area contributed by atoms with Crippen LogP contribution in [-0.2, 0) is 7.05 Å². The van der Waals surface area contributed by atoms with Gasteiger partial charge in [-0.25, -0.2) is 0 Å². The van der Waals surface area contributed by atoms with Crippen molar-refractivity contribution in [3.8, 4) is 5.75 Å². The van der Waals surface area contributed by atoms with E-state index in [1.165, 1.54) is 12.1 Å². The quantitative estimate of drug-likeness (QED) is 0.904. The van der Waals surface area contributed by atoms with Gasteiger partial charge >= 0.3 is 0 Å². The van der Waals surface area contributed by atoms with E-state index < -0.39 is 0 Å². The smallest absolute Gasteiger partial charge is 0.251 e. The van der Waals surface area contributed by atoms with Crippen LogP contribution in [0.1, 0.15) is 16.8 Å². The summed E-state index contributed by atoms with van der Waals surface area (Å²) in [6.07, 6.45) is 4.67. The molecule has 1 aromatic heterocycles. The zero-order valence-electron chi connectivity index (χ0n) is 12.2. The molecule has 6 nitrogen and oxygen atoms in total. The number of carbonyl (C=O) groups is 1. The Morgan fingerprint density at radius 2 is 2.32 bits per heavy atom. The molecule has 7 heteroatoms. The summed E-state index contributed by atoms with van der Waals surface area (Å²) in [6, 6.07) is 4.54. The van der Waals surface area contributed by atoms with Crippen LogP contribution in [0.4, 0.5) is 5.69 Å². The van der Waals surface area contributed by atoms with Crippen LogP contribution in [0.2, 0.25) is 5.02 Å². The zero-order chi connectivity index (χ0) is 15.7. The fourth-order valence-corrected chi connectivity index (χ4v) is 2.78. The molecule has 2 N–H and O–H groups in total. The first-order chi connectivity index (χ1) is 10.5. The molecule has 22 heavy (non-hydrogen) atoms. The lowest BCUT2D eigenvalue weighted by Crippen LogP contribution is -2.37. The van der Waals surface area contributed by atoms with Crippen LogP contribution < -0.4 is 10.2 Å². The molecule has 116 valence electrons. The summed E-state index contributed by atoms with van der Waals surface area (Å²) in [5.41, 5.74) is 1.51. The number of amides is 1. The third kappa shape index (κ3) is 3.01. The molecule has 1 fully saturated rings. The minimum absolute atomic E-state index is 0.0261. The van der Waals surface area contributed by atoms with Crippen molar-refractivity contribution in [2.75, 3.05) is 18.0 Å². The Balaban J connectivity index is 1.62. The summed E-state index contributed by atoms with van der Waals surface area (Å²) in [7, 11) is 1.88. The number of halogens is 1. The van der Waals surface area contributed by atoms with Crippen molar-refractivity contribution in [3.05, 3.63) is 41.2 Å². The Hall–Kier alpha value is -2.21. The van der Waals surface area contributed by atoms with Gasteiger partial charge in [0, 0.05) is 37.9 Å². The van der Waals surface area contributed by atoms with Gasteiger partial charge in [0.1, 0.15) is 5.75 Å². The normalized spacial score (nSPS) is 17.7. The van der Waals surface area contributed by atoms with Crippen LogP contribution >= 0.6 is 11.6 Å². The van der Waals surface area contributed by atoms with E-state index in [0.29, 0.717) is 5.56 Å². The number of carbonyl (C=O) groups excluding carboxylic acids is 1. The largest absolute Gasteiger partial charge is 0.506 e. The summed E-state index contributed by atoms with van der Waals surface area (Å²) in [4.78, 5) is 14.4. The van der Waals surface area contributed by atoms with E-state index in [1.807, 2.05) is 19.4 Å². The standard InChI is InChI=1S/C15H17ClN4O2/c1-19-9-12(7-17-19)20-5-4-11(8-20)18-15(22)10-2-3-14(21)13(16)6-10/h2-3,6-7,9,11,21H,4-5,8H2,1H3,(H,18,22)/t11-/m0/s1. The molecule has 1 amide bonds. The fourth-order valence-electron chi connectivity index (χ4n) is 2.60. The lowest BCUT2D eigenvalue weighted by atomic mass is 10.2. The molecule has 0 saturated carbocycles. The number of aromatic hydroxyl groups is 1. The van der Waals surface area contributed by atoms with Crippen molar-refractivity contribution in [2.45, 2.75) is 12.5 Å². The monoisotopic (exact) mass is 320 g/mol. The van der Waals surface area contributed by atoms with Crippen molar-refractivity contribution >= 4 is 23.2 Å². The number of aryl methyl sites for hydroxylation is 1. The number of hydrogen-bond donors (Lipinski definition) is 2. The molecule has 1 aliphatic heterocycles. The zero-order valence-corrected chi connectivity index (χ0v) is 12.9. The fraction of sp³-hybridized carbons (Fsp3) is 0.333. The summed E-state index contributed by atoms with van der Waals surface area (Å²) in [6.45, 7) is 1.64. The molecule has 0 unspecified atom stereocenters. The number of nitrogens with one attached hydrogen (secondary N) is 1. The number of rotatable bonds is 3. The van der Waals surface area contributed by atoms with Crippen LogP contribution in [0.25, 0.3) is 0 Å². The highest BCUT2D eigenvalue weighted by atomic mass is 35.5. The first-order valence-corrected chi connectivity index (χ1v) is 7.43. The third-order valence-electron chi connectivity index (χ3n) is 3.79. The molecule has 2 aromatic rings. The molecular weight excluding hydrogens is 304 g/mol. The van der Waals surface area contributed by atoms with E-state index in [9.17, 15) is 9.90 Å². The van der Waals surface area contributed by atoms with Gasteiger partial charge in [-0.15, -0.1) is 0 Å². The van der Waals surface area contributed by atoms with Gasteiger partial charge in [0.15, 0.2) is 0 Å². The van der Waals surface area contributed by atoms with Crippen LogP contribution in [0.5, 0.6) is 5.75 Å². The van der Waals surface area contributed by atoms with Crippen molar-refractivity contribution in [1.82, 2.24) is 15.1 Å². The predicted molar refractivity (Wildman–Crippen MR) is 84.4 cm³/mol. The minimum Gasteiger partial charge on any atom is -0.506 e. The summed E-state index contributed by atoms with van der Waals surface area (Å²) >= 11 is 5.83. The molecule has 1 saturated heterocycles. The van der Waals surface area contributed by atoms with E-state index >= 15 is 0 Å². The second kappa shape index (κ2) is 5.88. The Bertz CT molecular complexity index is 701. The number of aromatic nitrogens is 2. The van der Waals surface area contributed by atoms with Gasteiger partial charge in [-0.05, 0) is 24.6 Å². The second-order valence-corrected chi connectivity index (χ2v) is 5.85. The van der Waals surface area contributed by atoms with E-state index in [0.717, 1.165) is 25.2 Å². The Kier molecular flexibility index (Phi) is 3.94. The Labute approximate surface area is 133 Å². The molecule has 0 spiro atoms. The SMILES string of the molecule is Cn1cc(N2CC[C@H](NC(=O)c3ccc(O)c(Cl)c3)C2)cn1. The second-order valence-electron chi connectivity index (χ2n) is 5.44. The number of benzene rings is 1. The van der Waals surface area contributed by atoms with Crippen LogP contribution in [0, 0.1) is 0 Å². The molecule has 0 bridgehead atoms. The number of nitrogens with zero attached hydrogens (tertiary/aromatic N) is 3. The van der Waals surface area contributed by atoms with E-state index in [-0.39, 0.29) is 22.7 Å². The lowest BCUT2D eigenvalue weighted by molar-refractivity contribution is 0.0940. The summed E-state index contributed by atoms with van der Waals surface area (Å²) in [5.74, 6) is -0.207. The highest BCUT2D eigenvalue weighted by Crippen LogP contribution is 2.24. The van der Waals surface area contributed by atoms with Gasteiger partial charge in [0.05, 0.1) is 16.9 Å². The average Bonchev–Trinajstić information content (AvgIpc) is 3.10. The molecule has 2 heterocycles. The highest BCUT2D eigenvalue weighted by molar-refractivity contribution is 6.32. The van der Waals surface area contributed by atoms with Gasteiger partial charge in [0.2, 0.25) is 0 Å². The topological polar surface area (TPSA) is 70.4 Å². The van der Waals surface area contributed by atoms with Crippen LogP contribution in [-0.4, -0.2) is 39.9 Å². The maximum absolute atomic E-state index is 12.2. The maximum Gasteiger partial charge on any atom is 0.251 e. The third-order valence-corrected chi connectivity index (χ3v) is 4.09. The van der Waals surface area contributed by atoms with Crippen molar-refractivity contribution in [1.29, 1.82) is 0 Å².